The van der Waals surface area contributed by atoms with E-state index in [2.05, 4.69) is 15.1 Å². The number of rotatable bonds is 2. The monoisotopic (exact) mass is 239 g/mol. The maximum Gasteiger partial charge on any atom is 0.315 e. The van der Waals surface area contributed by atoms with Gasteiger partial charge in [-0.1, -0.05) is 0 Å². The molecule has 82 valence electrons. The molecule has 0 bridgehead atoms. The first-order chi connectivity index (χ1) is 7.58. The first-order valence-electron chi connectivity index (χ1n) is 4.25. The Hall–Kier alpha value is -2.02. The molecule has 2 aromatic heterocycles. The van der Waals surface area contributed by atoms with E-state index in [4.69, 9.17) is 11.6 Å². The lowest BCUT2D eigenvalue weighted by atomic mass is 10.2. The molecule has 0 spiro atoms. The summed E-state index contributed by atoms with van der Waals surface area (Å²) >= 11 is 5.60. The van der Waals surface area contributed by atoms with Gasteiger partial charge in [0.1, 0.15) is 11.9 Å². The van der Waals surface area contributed by atoms with Crippen LogP contribution < -0.4 is 0 Å². The van der Waals surface area contributed by atoms with E-state index >= 15 is 0 Å². The van der Waals surface area contributed by atoms with Crippen molar-refractivity contribution in [1.29, 1.82) is 0 Å². The van der Waals surface area contributed by atoms with Crippen LogP contribution in [-0.2, 0) is 7.05 Å². The zero-order valence-corrected chi connectivity index (χ0v) is 8.92. The Labute approximate surface area is 94.9 Å². The van der Waals surface area contributed by atoms with Crippen molar-refractivity contribution in [2.75, 3.05) is 0 Å². The molecule has 2 heterocycles. The number of hydrogen-bond acceptors (Lipinski definition) is 5. The van der Waals surface area contributed by atoms with Gasteiger partial charge in [-0.05, 0) is 17.7 Å². The Morgan fingerprint density at radius 3 is 2.88 bits per heavy atom. The summed E-state index contributed by atoms with van der Waals surface area (Å²) in [6, 6.07) is 1.62. The van der Waals surface area contributed by atoms with Crippen molar-refractivity contribution in [3.05, 3.63) is 33.9 Å². The highest BCUT2D eigenvalue weighted by Crippen LogP contribution is 2.26. The molecule has 8 heteroatoms. The number of nitro groups is 1. The molecule has 0 N–H and O–H groups in total. The highest BCUT2D eigenvalue weighted by molar-refractivity contribution is 6.28. The van der Waals surface area contributed by atoms with Gasteiger partial charge in [0.05, 0.1) is 4.92 Å². The average Bonchev–Trinajstić information content (AvgIpc) is 2.64. The summed E-state index contributed by atoms with van der Waals surface area (Å²) in [6.07, 6.45) is 2.73. The van der Waals surface area contributed by atoms with Gasteiger partial charge < -0.3 is 0 Å². The Kier molecular flexibility index (Phi) is 2.53. The molecule has 0 aliphatic carbocycles. The van der Waals surface area contributed by atoms with Crippen LogP contribution >= 0.6 is 11.6 Å². The molecule has 0 radical (unpaired) electrons. The highest BCUT2D eigenvalue weighted by atomic mass is 35.5. The fraction of sp³-hybridized carbons (Fsp3) is 0.125. The van der Waals surface area contributed by atoms with Crippen LogP contribution in [0.15, 0.2) is 18.5 Å². The van der Waals surface area contributed by atoms with Crippen molar-refractivity contribution in [1.82, 2.24) is 19.7 Å². The SMILES string of the molecule is Cn1ccc(-c2nc(Cl)ncc2[N+](=O)[O-])n1. The summed E-state index contributed by atoms with van der Waals surface area (Å²) < 4.78 is 1.52. The number of aromatic nitrogens is 4. The molecule has 0 amide bonds. The maximum atomic E-state index is 10.8. The first-order valence-corrected chi connectivity index (χ1v) is 4.62. The van der Waals surface area contributed by atoms with Crippen LogP contribution in [0.2, 0.25) is 5.28 Å². The lowest BCUT2D eigenvalue weighted by Gasteiger charge is -1.98. The predicted molar refractivity (Wildman–Crippen MR) is 55.9 cm³/mol. The van der Waals surface area contributed by atoms with E-state index in [0.717, 1.165) is 6.20 Å². The molecule has 0 aliphatic rings. The van der Waals surface area contributed by atoms with Gasteiger partial charge in [-0.3, -0.25) is 14.8 Å². The highest BCUT2D eigenvalue weighted by Gasteiger charge is 2.20. The average molecular weight is 240 g/mol. The molecule has 0 unspecified atom stereocenters. The van der Waals surface area contributed by atoms with Gasteiger partial charge in [0.25, 0.3) is 0 Å². The van der Waals surface area contributed by atoms with Gasteiger partial charge in [-0.15, -0.1) is 0 Å². The van der Waals surface area contributed by atoms with Crippen LogP contribution in [0.4, 0.5) is 5.69 Å². The Morgan fingerprint density at radius 1 is 1.56 bits per heavy atom. The third-order valence-corrected chi connectivity index (χ3v) is 2.08. The fourth-order valence-electron chi connectivity index (χ4n) is 1.22. The van der Waals surface area contributed by atoms with Crippen LogP contribution in [0.1, 0.15) is 0 Å². The van der Waals surface area contributed by atoms with Crippen LogP contribution in [0, 0.1) is 10.1 Å². The van der Waals surface area contributed by atoms with E-state index < -0.39 is 4.92 Å². The summed E-state index contributed by atoms with van der Waals surface area (Å²) in [6.45, 7) is 0. The summed E-state index contributed by atoms with van der Waals surface area (Å²) in [4.78, 5) is 17.6. The summed E-state index contributed by atoms with van der Waals surface area (Å²) in [5.74, 6) is 0. The second-order valence-electron chi connectivity index (χ2n) is 3.00. The first kappa shape index (κ1) is 10.5. The van der Waals surface area contributed by atoms with E-state index in [1.165, 1.54) is 4.68 Å². The van der Waals surface area contributed by atoms with Crippen molar-refractivity contribution in [3.63, 3.8) is 0 Å². The fourth-order valence-corrected chi connectivity index (χ4v) is 1.35. The smallest absolute Gasteiger partial charge is 0.275 e. The zero-order chi connectivity index (χ0) is 11.7. The number of aryl methyl sites for hydroxylation is 1. The second kappa shape index (κ2) is 3.86. The molecule has 2 rings (SSSR count). The van der Waals surface area contributed by atoms with Gasteiger partial charge in [-0.2, -0.15) is 5.10 Å². The third kappa shape index (κ3) is 1.84. The lowest BCUT2D eigenvalue weighted by molar-refractivity contribution is -0.384. The molecule has 0 aromatic carbocycles. The zero-order valence-electron chi connectivity index (χ0n) is 8.16. The van der Waals surface area contributed by atoms with Crippen LogP contribution in [0.3, 0.4) is 0 Å². The van der Waals surface area contributed by atoms with Gasteiger partial charge in [-0.25, -0.2) is 9.97 Å². The van der Waals surface area contributed by atoms with E-state index in [9.17, 15) is 10.1 Å². The van der Waals surface area contributed by atoms with Gasteiger partial charge >= 0.3 is 5.69 Å². The maximum absolute atomic E-state index is 10.8. The van der Waals surface area contributed by atoms with Crippen molar-refractivity contribution in [2.45, 2.75) is 0 Å². The minimum absolute atomic E-state index is 0.0498. The predicted octanol–water partition coefficient (Wildman–Crippen LogP) is 1.44. The van der Waals surface area contributed by atoms with E-state index in [1.807, 2.05) is 0 Å². The molecule has 0 saturated carbocycles. The molecule has 2 aromatic rings. The minimum Gasteiger partial charge on any atom is -0.275 e. The summed E-state index contributed by atoms with van der Waals surface area (Å²) in [7, 11) is 1.71. The molecule has 7 nitrogen and oxygen atoms in total. The molecule has 0 aliphatic heterocycles. The Morgan fingerprint density at radius 2 is 2.31 bits per heavy atom. The molecular weight excluding hydrogens is 234 g/mol. The standard InChI is InChI=1S/C8H6ClN5O2/c1-13-3-2-5(12-13)7-6(14(15)16)4-10-8(9)11-7/h2-4H,1H3. The lowest BCUT2D eigenvalue weighted by Crippen LogP contribution is -1.98. The third-order valence-electron chi connectivity index (χ3n) is 1.89. The largest absolute Gasteiger partial charge is 0.315 e. The second-order valence-corrected chi connectivity index (χ2v) is 3.34. The summed E-state index contributed by atoms with van der Waals surface area (Å²) in [5, 5.41) is 14.7. The van der Waals surface area contributed by atoms with Crippen molar-refractivity contribution in [3.8, 4) is 11.4 Å². The van der Waals surface area contributed by atoms with Crippen LogP contribution in [0.5, 0.6) is 0 Å². The minimum atomic E-state index is -0.569. The van der Waals surface area contributed by atoms with Crippen molar-refractivity contribution in [2.24, 2.45) is 7.05 Å². The van der Waals surface area contributed by atoms with Crippen LogP contribution in [-0.4, -0.2) is 24.7 Å². The molecular formula is C8H6ClN5O2. The molecule has 0 saturated heterocycles. The number of nitrogens with zero attached hydrogens (tertiary/aromatic N) is 5. The van der Waals surface area contributed by atoms with Gasteiger partial charge in [0.2, 0.25) is 5.28 Å². The Balaban J connectivity index is 2.62. The Bertz CT molecular complexity index is 553. The van der Waals surface area contributed by atoms with E-state index in [0.29, 0.717) is 5.69 Å². The van der Waals surface area contributed by atoms with E-state index in [-0.39, 0.29) is 16.7 Å². The number of halogens is 1. The van der Waals surface area contributed by atoms with E-state index in [1.54, 1.807) is 19.3 Å². The normalized spacial score (nSPS) is 10.4. The van der Waals surface area contributed by atoms with Crippen molar-refractivity contribution >= 4 is 17.3 Å². The molecule has 16 heavy (non-hydrogen) atoms. The topological polar surface area (TPSA) is 86.7 Å². The molecule has 0 fully saturated rings. The number of hydrogen-bond donors (Lipinski definition) is 0. The summed E-state index contributed by atoms with van der Waals surface area (Å²) in [5.41, 5.74) is 0.284. The van der Waals surface area contributed by atoms with Crippen LogP contribution in [0.25, 0.3) is 11.4 Å². The van der Waals surface area contributed by atoms with Gasteiger partial charge in [0.15, 0.2) is 5.69 Å². The molecule has 0 atom stereocenters. The van der Waals surface area contributed by atoms with Gasteiger partial charge in [0, 0.05) is 13.2 Å². The quantitative estimate of drug-likeness (QED) is 0.450. The van der Waals surface area contributed by atoms with Crippen molar-refractivity contribution < 1.29 is 4.92 Å².